The van der Waals surface area contributed by atoms with Gasteiger partial charge in [0.15, 0.2) is 17.2 Å². The fraction of sp³-hybridized carbons (Fsp3) is 0.296. The van der Waals surface area contributed by atoms with Gasteiger partial charge in [0.05, 0.1) is 9.35 Å². The van der Waals surface area contributed by atoms with E-state index in [-0.39, 0.29) is 16.7 Å². The smallest absolute Gasteiger partial charge is 0.349 e. The van der Waals surface area contributed by atoms with E-state index in [2.05, 4.69) is 21.2 Å². The van der Waals surface area contributed by atoms with Crippen molar-refractivity contribution in [1.29, 1.82) is 0 Å². The highest BCUT2D eigenvalue weighted by Gasteiger charge is 2.26. The normalized spacial score (nSPS) is 13.6. The van der Waals surface area contributed by atoms with Gasteiger partial charge < -0.3 is 20.3 Å². The molecule has 1 saturated carbocycles. The van der Waals surface area contributed by atoms with Gasteiger partial charge in [-0.2, -0.15) is 0 Å². The second-order valence-electron chi connectivity index (χ2n) is 8.85. The van der Waals surface area contributed by atoms with Gasteiger partial charge in [0.2, 0.25) is 0 Å². The van der Waals surface area contributed by atoms with Crippen molar-refractivity contribution in [3.05, 3.63) is 63.9 Å². The van der Waals surface area contributed by atoms with Gasteiger partial charge in [0.25, 0.3) is 0 Å². The number of nitrogens with one attached hydrogen (secondary N) is 1. The molecule has 0 bridgehead atoms. The Morgan fingerprint density at radius 1 is 1.03 bits per heavy atom. The third kappa shape index (κ3) is 6.69. The summed E-state index contributed by atoms with van der Waals surface area (Å²) in [5.41, 5.74) is 2.06. The van der Waals surface area contributed by atoms with Crippen molar-refractivity contribution in [3.63, 3.8) is 0 Å². The van der Waals surface area contributed by atoms with Crippen molar-refractivity contribution in [2.45, 2.75) is 32.1 Å². The van der Waals surface area contributed by atoms with E-state index in [1.54, 1.807) is 4.90 Å². The lowest BCUT2D eigenvalue weighted by Gasteiger charge is -2.30. The summed E-state index contributed by atoms with van der Waals surface area (Å²) in [7, 11) is 0. The Labute approximate surface area is 227 Å². The molecule has 2 amide bonds. The van der Waals surface area contributed by atoms with Crippen LogP contribution >= 0.6 is 27.3 Å². The number of rotatable bonds is 9. The number of thiophene rings is 1. The number of carboxylic acids is 2. The first-order valence-corrected chi connectivity index (χ1v) is 13.6. The maximum Gasteiger partial charge on any atom is 0.349 e. The van der Waals surface area contributed by atoms with Crippen LogP contribution in [-0.4, -0.2) is 41.3 Å². The number of nitrogens with zero attached hydrogens (tertiary/aromatic N) is 1. The topological polar surface area (TPSA) is 116 Å². The highest BCUT2D eigenvalue weighted by atomic mass is 79.9. The molecule has 0 atom stereocenters. The van der Waals surface area contributed by atoms with Crippen LogP contribution in [0.15, 0.2) is 59.1 Å². The van der Waals surface area contributed by atoms with E-state index in [1.165, 1.54) is 6.42 Å². The van der Waals surface area contributed by atoms with E-state index in [0.29, 0.717) is 38.8 Å². The molecule has 1 aliphatic rings. The number of aromatic carboxylic acids is 1. The molecule has 10 heteroatoms. The SMILES string of the molecule is O=C(O)COc1c(C(=O)O)sc(-c2cccc(N(CC3CCCCC3)C(=O)Nc3ccccc3)c2)c1Br. The van der Waals surface area contributed by atoms with Crippen LogP contribution < -0.4 is 15.0 Å². The second kappa shape index (κ2) is 12.2. The number of ether oxygens (including phenoxy) is 1. The average molecular weight is 587 g/mol. The molecular formula is C27H27BrN2O6S. The summed E-state index contributed by atoms with van der Waals surface area (Å²) in [5.74, 6) is -2.06. The fourth-order valence-corrected chi connectivity index (χ4v) is 6.33. The molecule has 8 nitrogen and oxygen atoms in total. The Balaban J connectivity index is 1.68. The van der Waals surface area contributed by atoms with Crippen LogP contribution in [0.2, 0.25) is 0 Å². The molecule has 1 aromatic heterocycles. The van der Waals surface area contributed by atoms with Gasteiger partial charge in [-0.3, -0.25) is 4.90 Å². The summed E-state index contributed by atoms with van der Waals surface area (Å²) in [4.78, 5) is 38.5. The molecule has 0 unspecified atom stereocenters. The average Bonchev–Trinajstić information content (AvgIpc) is 3.23. The zero-order valence-electron chi connectivity index (χ0n) is 20.0. The minimum Gasteiger partial charge on any atom is -0.479 e. The predicted octanol–water partition coefficient (Wildman–Crippen LogP) is 6.96. The zero-order valence-corrected chi connectivity index (χ0v) is 22.4. The zero-order chi connectivity index (χ0) is 26.4. The molecular weight excluding hydrogens is 560 g/mol. The van der Waals surface area contributed by atoms with Crippen molar-refractivity contribution in [3.8, 4) is 16.2 Å². The highest BCUT2D eigenvalue weighted by molar-refractivity contribution is 9.10. The molecule has 1 aliphatic carbocycles. The van der Waals surface area contributed by atoms with Gasteiger partial charge in [0.1, 0.15) is 0 Å². The molecule has 1 fully saturated rings. The standard InChI is InChI=1S/C27H27BrN2O6S/c28-22-23(36-16-21(31)32)25(26(33)34)37-24(22)18-10-7-13-20(14-18)30(15-17-8-3-1-4-9-17)27(35)29-19-11-5-2-6-12-19/h2,5-7,10-14,17H,1,3-4,8-9,15-16H2,(H,29,35)(H,31,32)(H,33,34). The summed E-state index contributed by atoms with van der Waals surface area (Å²) in [6.45, 7) is -0.0923. The van der Waals surface area contributed by atoms with E-state index in [9.17, 15) is 19.5 Å². The molecule has 37 heavy (non-hydrogen) atoms. The highest BCUT2D eigenvalue weighted by Crippen LogP contribution is 2.46. The van der Waals surface area contributed by atoms with Crippen molar-refractivity contribution in [2.75, 3.05) is 23.4 Å². The second-order valence-corrected chi connectivity index (χ2v) is 10.7. The first-order chi connectivity index (χ1) is 17.8. The number of halogens is 1. The molecule has 0 saturated heterocycles. The predicted molar refractivity (Wildman–Crippen MR) is 147 cm³/mol. The van der Waals surface area contributed by atoms with Crippen molar-refractivity contribution >= 4 is 56.6 Å². The Bertz CT molecular complexity index is 1270. The number of hydrogen-bond donors (Lipinski definition) is 3. The Morgan fingerprint density at radius 2 is 1.76 bits per heavy atom. The van der Waals surface area contributed by atoms with Gasteiger partial charge in [-0.25, -0.2) is 14.4 Å². The minimum atomic E-state index is -1.21. The van der Waals surface area contributed by atoms with Crippen LogP contribution in [0.3, 0.4) is 0 Å². The maximum absolute atomic E-state index is 13.5. The van der Waals surface area contributed by atoms with Gasteiger partial charge >= 0.3 is 18.0 Å². The van der Waals surface area contributed by atoms with E-state index >= 15 is 0 Å². The monoisotopic (exact) mass is 586 g/mol. The summed E-state index contributed by atoms with van der Waals surface area (Å²) >= 11 is 4.39. The van der Waals surface area contributed by atoms with Crippen molar-refractivity contribution in [2.24, 2.45) is 5.92 Å². The summed E-state index contributed by atoms with van der Waals surface area (Å²) in [6, 6.07) is 16.4. The van der Waals surface area contributed by atoms with Crippen LogP contribution in [-0.2, 0) is 4.79 Å². The molecule has 4 rings (SSSR count). The molecule has 0 aliphatic heterocycles. The summed E-state index contributed by atoms with van der Waals surface area (Å²) in [6.07, 6.45) is 5.65. The van der Waals surface area contributed by atoms with E-state index in [0.717, 1.165) is 37.0 Å². The molecule has 0 radical (unpaired) electrons. The number of carboxylic acid groups (broad SMARTS) is 2. The molecule has 194 valence electrons. The molecule has 0 spiro atoms. The number of benzene rings is 2. The number of amides is 2. The molecule has 3 N–H and O–H groups in total. The van der Waals surface area contributed by atoms with Gasteiger partial charge in [0, 0.05) is 17.9 Å². The van der Waals surface area contributed by atoms with E-state index in [1.807, 2.05) is 54.6 Å². The Morgan fingerprint density at radius 3 is 2.43 bits per heavy atom. The minimum absolute atomic E-state index is 0.0267. The number of anilines is 2. The lowest BCUT2D eigenvalue weighted by atomic mass is 9.89. The first kappa shape index (κ1) is 26.7. The summed E-state index contributed by atoms with van der Waals surface area (Å²) in [5, 5.41) is 21.6. The largest absolute Gasteiger partial charge is 0.479 e. The lowest BCUT2D eigenvalue weighted by molar-refractivity contribution is -0.139. The molecule has 2 aromatic carbocycles. The fourth-order valence-electron chi connectivity index (χ4n) is 4.45. The molecule has 3 aromatic rings. The lowest BCUT2D eigenvalue weighted by Crippen LogP contribution is -2.39. The van der Waals surface area contributed by atoms with Crippen LogP contribution in [0.5, 0.6) is 5.75 Å². The number of para-hydroxylation sites is 1. The number of urea groups is 1. The first-order valence-electron chi connectivity index (χ1n) is 12.0. The van der Waals surface area contributed by atoms with Crippen molar-refractivity contribution < 1.29 is 29.3 Å². The maximum atomic E-state index is 13.5. The van der Waals surface area contributed by atoms with Gasteiger partial charge in [-0.15, -0.1) is 11.3 Å². The molecule has 1 heterocycles. The van der Waals surface area contributed by atoms with Crippen LogP contribution in [0.25, 0.3) is 10.4 Å². The third-order valence-electron chi connectivity index (χ3n) is 6.20. The van der Waals surface area contributed by atoms with Crippen LogP contribution in [0, 0.1) is 5.92 Å². The number of carbonyl (C=O) groups excluding carboxylic acids is 1. The van der Waals surface area contributed by atoms with E-state index < -0.39 is 18.5 Å². The number of hydrogen-bond acceptors (Lipinski definition) is 5. The third-order valence-corrected chi connectivity index (χ3v) is 8.43. The van der Waals surface area contributed by atoms with Crippen molar-refractivity contribution in [1.82, 2.24) is 0 Å². The Hall–Kier alpha value is -3.37. The van der Waals surface area contributed by atoms with E-state index in [4.69, 9.17) is 9.84 Å². The van der Waals surface area contributed by atoms with Gasteiger partial charge in [-0.1, -0.05) is 49.6 Å². The van der Waals surface area contributed by atoms with Crippen LogP contribution in [0.1, 0.15) is 41.8 Å². The number of carbonyl (C=O) groups is 3. The number of aliphatic carboxylic acids is 1. The van der Waals surface area contributed by atoms with Gasteiger partial charge in [-0.05, 0) is 64.5 Å². The quantitative estimate of drug-likeness (QED) is 0.249. The Kier molecular flexibility index (Phi) is 8.83. The summed E-state index contributed by atoms with van der Waals surface area (Å²) < 4.78 is 5.65. The van der Waals surface area contributed by atoms with Crippen LogP contribution in [0.4, 0.5) is 16.2 Å².